The highest BCUT2D eigenvalue weighted by atomic mass is 16.5. The molecule has 5 heteroatoms. The van der Waals surface area contributed by atoms with Gasteiger partial charge in [-0.05, 0) is 25.2 Å². The summed E-state index contributed by atoms with van der Waals surface area (Å²) >= 11 is 0. The molecule has 2 unspecified atom stereocenters. The summed E-state index contributed by atoms with van der Waals surface area (Å²) in [5, 5.41) is 0. The van der Waals surface area contributed by atoms with Gasteiger partial charge in [0, 0.05) is 18.2 Å². The summed E-state index contributed by atoms with van der Waals surface area (Å²) < 4.78 is 21.7. The molecule has 1 aliphatic carbocycles. The summed E-state index contributed by atoms with van der Waals surface area (Å²) in [5.41, 5.74) is 6.08. The molecule has 2 rings (SSSR count). The fourth-order valence-electron chi connectivity index (χ4n) is 2.89. The lowest BCUT2D eigenvalue weighted by Gasteiger charge is -2.17. The molecule has 1 aromatic carbocycles. The van der Waals surface area contributed by atoms with Gasteiger partial charge in [0.25, 0.3) is 0 Å². The SMILES string of the molecule is COc1cc(OCCC2CCCC2N)cc(OC)c1OC. The number of methoxy groups -OCH3 is 3. The Morgan fingerprint density at radius 1 is 1.05 bits per heavy atom. The van der Waals surface area contributed by atoms with Crippen LogP contribution in [0.5, 0.6) is 23.0 Å². The quantitative estimate of drug-likeness (QED) is 0.837. The van der Waals surface area contributed by atoms with E-state index in [1.807, 2.05) is 12.1 Å². The Balaban J connectivity index is 1.99. The average molecular weight is 295 g/mol. The summed E-state index contributed by atoms with van der Waals surface area (Å²) in [4.78, 5) is 0. The van der Waals surface area contributed by atoms with Crippen LogP contribution in [0.3, 0.4) is 0 Å². The van der Waals surface area contributed by atoms with Crippen molar-refractivity contribution in [3.05, 3.63) is 12.1 Å². The number of ether oxygens (including phenoxy) is 4. The molecule has 2 N–H and O–H groups in total. The summed E-state index contributed by atoms with van der Waals surface area (Å²) in [6, 6.07) is 3.96. The van der Waals surface area contributed by atoms with E-state index in [-0.39, 0.29) is 0 Å². The van der Waals surface area contributed by atoms with E-state index in [0.717, 1.165) is 18.6 Å². The minimum absolute atomic E-state index is 0.327. The molecule has 2 atom stereocenters. The predicted molar refractivity (Wildman–Crippen MR) is 81.5 cm³/mol. The van der Waals surface area contributed by atoms with E-state index in [1.54, 1.807) is 21.3 Å². The lowest BCUT2D eigenvalue weighted by molar-refractivity contribution is 0.265. The Morgan fingerprint density at radius 3 is 2.19 bits per heavy atom. The first-order valence-electron chi connectivity index (χ1n) is 7.38. The third-order valence-electron chi connectivity index (χ3n) is 4.11. The van der Waals surface area contributed by atoms with Crippen LogP contribution in [0.2, 0.25) is 0 Å². The van der Waals surface area contributed by atoms with Crippen LogP contribution in [0.25, 0.3) is 0 Å². The van der Waals surface area contributed by atoms with Crippen molar-refractivity contribution in [2.45, 2.75) is 31.7 Å². The largest absolute Gasteiger partial charge is 0.493 e. The van der Waals surface area contributed by atoms with Gasteiger partial charge in [-0.1, -0.05) is 6.42 Å². The zero-order valence-corrected chi connectivity index (χ0v) is 13.1. The van der Waals surface area contributed by atoms with E-state index in [0.29, 0.717) is 35.8 Å². The van der Waals surface area contributed by atoms with Crippen molar-refractivity contribution in [1.82, 2.24) is 0 Å². The van der Waals surface area contributed by atoms with Gasteiger partial charge < -0.3 is 24.7 Å². The highest BCUT2D eigenvalue weighted by Gasteiger charge is 2.23. The van der Waals surface area contributed by atoms with Crippen LogP contribution in [-0.2, 0) is 0 Å². The monoisotopic (exact) mass is 295 g/mol. The molecular formula is C16H25NO4. The molecule has 118 valence electrons. The van der Waals surface area contributed by atoms with Gasteiger partial charge in [-0.25, -0.2) is 0 Å². The standard InChI is InChI=1S/C16H25NO4/c1-18-14-9-12(10-15(19-2)16(14)20-3)21-8-7-11-5-4-6-13(11)17/h9-11,13H,4-8,17H2,1-3H3. The first-order valence-corrected chi connectivity index (χ1v) is 7.38. The molecular weight excluding hydrogens is 270 g/mol. The van der Waals surface area contributed by atoms with E-state index in [2.05, 4.69) is 0 Å². The molecule has 0 radical (unpaired) electrons. The van der Waals surface area contributed by atoms with E-state index in [1.165, 1.54) is 12.8 Å². The van der Waals surface area contributed by atoms with Crippen molar-refractivity contribution >= 4 is 0 Å². The molecule has 5 nitrogen and oxygen atoms in total. The van der Waals surface area contributed by atoms with Crippen LogP contribution in [0.4, 0.5) is 0 Å². The summed E-state index contributed by atoms with van der Waals surface area (Å²) in [5.74, 6) is 3.07. The molecule has 0 spiro atoms. The van der Waals surface area contributed by atoms with Crippen molar-refractivity contribution in [2.75, 3.05) is 27.9 Å². The fourth-order valence-corrected chi connectivity index (χ4v) is 2.89. The Hall–Kier alpha value is -1.62. The lowest BCUT2D eigenvalue weighted by atomic mass is 10.0. The Bertz CT molecular complexity index is 439. The second-order valence-corrected chi connectivity index (χ2v) is 5.35. The Morgan fingerprint density at radius 2 is 1.71 bits per heavy atom. The summed E-state index contributed by atoms with van der Waals surface area (Å²) in [7, 11) is 4.78. The van der Waals surface area contributed by atoms with Crippen molar-refractivity contribution in [2.24, 2.45) is 11.7 Å². The summed E-state index contributed by atoms with van der Waals surface area (Å²) in [6.45, 7) is 0.650. The maximum atomic E-state index is 6.08. The molecule has 0 amide bonds. The summed E-state index contributed by atoms with van der Waals surface area (Å²) in [6.07, 6.45) is 4.56. The number of hydrogen-bond acceptors (Lipinski definition) is 5. The van der Waals surface area contributed by atoms with Gasteiger partial charge in [0.2, 0.25) is 5.75 Å². The number of benzene rings is 1. The third kappa shape index (κ3) is 3.73. The highest BCUT2D eigenvalue weighted by Crippen LogP contribution is 2.40. The van der Waals surface area contributed by atoms with Crippen LogP contribution in [-0.4, -0.2) is 34.0 Å². The molecule has 1 aliphatic rings. The second kappa shape index (κ2) is 7.41. The smallest absolute Gasteiger partial charge is 0.203 e. The molecule has 1 fully saturated rings. The van der Waals surface area contributed by atoms with Crippen molar-refractivity contribution in [1.29, 1.82) is 0 Å². The first kappa shape index (κ1) is 15.8. The van der Waals surface area contributed by atoms with Gasteiger partial charge in [0.1, 0.15) is 5.75 Å². The molecule has 0 aromatic heterocycles. The van der Waals surface area contributed by atoms with E-state index in [9.17, 15) is 0 Å². The van der Waals surface area contributed by atoms with Gasteiger partial charge in [0.05, 0.1) is 27.9 Å². The van der Waals surface area contributed by atoms with Gasteiger partial charge in [-0.3, -0.25) is 0 Å². The van der Waals surface area contributed by atoms with Crippen molar-refractivity contribution in [3.63, 3.8) is 0 Å². The molecule has 0 bridgehead atoms. The van der Waals surface area contributed by atoms with Crippen LogP contribution < -0.4 is 24.7 Å². The molecule has 21 heavy (non-hydrogen) atoms. The topological polar surface area (TPSA) is 62.9 Å². The zero-order chi connectivity index (χ0) is 15.2. The minimum atomic E-state index is 0.327. The highest BCUT2D eigenvalue weighted by molar-refractivity contribution is 5.55. The maximum Gasteiger partial charge on any atom is 0.203 e. The molecule has 0 heterocycles. The Kier molecular flexibility index (Phi) is 5.56. The zero-order valence-electron chi connectivity index (χ0n) is 13.1. The Labute approximate surface area is 126 Å². The van der Waals surface area contributed by atoms with Gasteiger partial charge in [-0.15, -0.1) is 0 Å². The van der Waals surface area contributed by atoms with E-state index >= 15 is 0 Å². The van der Waals surface area contributed by atoms with Crippen LogP contribution >= 0.6 is 0 Å². The predicted octanol–water partition coefficient (Wildman–Crippen LogP) is 2.61. The number of hydrogen-bond donors (Lipinski definition) is 1. The van der Waals surface area contributed by atoms with Gasteiger partial charge >= 0.3 is 0 Å². The lowest BCUT2D eigenvalue weighted by Crippen LogP contribution is -2.25. The molecule has 0 aliphatic heterocycles. The molecule has 1 aromatic rings. The first-order chi connectivity index (χ1) is 10.2. The van der Waals surface area contributed by atoms with Crippen LogP contribution in [0, 0.1) is 5.92 Å². The van der Waals surface area contributed by atoms with Crippen molar-refractivity contribution < 1.29 is 18.9 Å². The minimum Gasteiger partial charge on any atom is -0.493 e. The van der Waals surface area contributed by atoms with Crippen LogP contribution in [0.15, 0.2) is 12.1 Å². The van der Waals surface area contributed by atoms with Gasteiger partial charge in [-0.2, -0.15) is 0 Å². The second-order valence-electron chi connectivity index (χ2n) is 5.35. The normalized spacial score (nSPS) is 21.1. The number of nitrogens with two attached hydrogens (primary N) is 1. The number of rotatable bonds is 7. The maximum absolute atomic E-state index is 6.08. The van der Waals surface area contributed by atoms with Crippen molar-refractivity contribution in [3.8, 4) is 23.0 Å². The van der Waals surface area contributed by atoms with E-state index < -0.39 is 0 Å². The average Bonchev–Trinajstić information content (AvgIpc) is 2.91. The van der Waals surface area contributed by atoms with Crippen LogP contribution in [0.1, 0.15) is 25.7 Å². The molecule has 1 saturated carbocycles. The molecule has 0 saturated heterocycles. The third-order valence-corrected chi connectivity index (χ3v) is 4.11. The fraction of sp³-hybridized carbons (Fsp3) is 0.625. The van der Waals surface area contributed by atoms with E-state index in [4.69, 9.17) is 24.7 Å². The van der Waals surface area contributed by atoms with Gasteiger partial charge in [0.15, 0.2) is 11.5 Å².